The Balaban J connectivity index is 1.67. The summed E-state index contributed by atoms with van der Waals surface area (Å²) >= 11 is 0. The van der Waals surface area contributed by atoms with Gasteiger partial charge in [-0.2, -0.15) is 4.98 Å². The molecule has 1 aromatic carbocycles. The van der Waals surface area contributed by atoms with Crippen molar-refractivity contribution in [3.05, 3.63) is 47.2 Å². The maximum absolute atomic E-state index is 10.8. The number of piperazine rings is 1. The van der Waals surface area contributed by atoms with Crippen molar-refractivity contribution in [1.29, 1.82) is 0 Å². The van der Waals surface area contributed by atoms with Gasteiger partial charge in [0.25, 0.3) is 0 Å². The van der Waals surface area contributed by atoms with Crippen molar-refractivity contribution in [3.63, 3.8) is 0 Å². The molecule has 2 aromatic rings. The topological polar surface area (TPSA) is 61.4 Å². The van der Waals surface area contributed by atoms with E-state index in [1.54, 1.807) is 4.90 Å². The molecule has 1 N–H and O–H groups in total. The maximum atomic E-state index is 10.8. The zero-order chi connectivity index (χ0) is 16.9. The highest BCUT2D eigenvalue weighted by molar-refractivity contribution is 5.49. The average molecular weight is 325 g/mol. The number of nitrogens with zero attached hydrogens (tertiary/aromatic N) is 4. The molecule has 6 heteroatoms. The number of benzene rings is 1. The third-order valence-electron chi connectivity index (χ3n) is 4.18. The summed E-state index contributed by atoms with van der Waals surface area (Å²) in [5, 5.41) is 3.38. The van der Waals surface area contributed by atoms with E-state index in [1.807, 2.05) is 13.0 Å². The van der Waals surface area contributed by atoms with Crippen molar-refractivity contribution in [2.45, 2.75) is 20.4 Å². The molecule has 1 saturated heterocycles. The second kappa shape index (κ2) is 7.29. The maximum Gasteiger partial charge on any atom is 0.227 e. The molecule has 0 aliphatic carbocycles. The first-order valence-corrected chi connectivity index (χ1v) is 8.23. The highest BCUT2D eigenvalue weighted by Gasteiger charge is 2.18. The molecule has 2 heterocycles. The molecular formula is C18H23N5O. The Bertz CT molecular complexity index is 693. The first-order chi connectivity index (χ1) is 11.6. The molecule has 0 saturated carbocycles. The number of anilines is 2. The Morgan fingerprint density at radius 2 is 1.79 bits per heavy atom. The smallest absolute Gasteiger partial charge is 0.227 e. The number of carbonyl (C=O) groups is 1. The normalized spacial score (nSPS) is 14.6. The summed E-state index contributed by atoms with van der Waals surface area (Å²) in [6, 6.07) is 10.4. The number of amides is 1. The van der Waals surface area contributed by atoms with Crippen molar-refractivity contribution in [2.75, 3.05) is 36.4 Å². The molecule has 3 rings (SSSR count). The number of nitrogens with one attached hydrogen (secondary N) is 1. The molecule has 1 aliphatic rings. The number of aromatic nitrogens is 2. The van der Waals surface area contributed by atoms with E-state index in [0.29, 0.717) is 13.1 Å². The largest absolute Gasteiger partial charge is 0.366 e. The van der Waals surface area contributed by atoms with E-state index in [9.17, 15) is 4.79 Å². The molecule has 0 spiro atoms. The standard InChI is InChI=1S/C18H23N5O/c1-14-3-5-16(6-4-14)12-19-17-11-15(2)20-18(21-17)23-9-7-22(13-24)8-10-23/h3-6,11,13H,7-10,12H2,1-2H3,(H,19,20,21). The molecule has 1 aromatic heterocycles. The lowest BCUT2D eigenvalue weighted by molar-refractivity contribution is -0.118. The number of hydrogen-bond acceptors (Lipinski definition) is 5. The van der Waals surface area contributed by atoms with Crippen molar-refractivity contribution in [1.82, 2.24) is 14.9 Å². The van der Waals surface area contributed by atoms with E-state index >= 15 is 0 Å². The summed E-state index contributed by atoms with van der Waals surface area (Å²) in [6.07, 6.45) is 0.906. The second-order valence-electron chi connectivity index (χ2n) is 6.16. The fraction of sp³-hybridized carbons (Fsp3) is 0.389. The lowest BCUT2D eigenvalue weighted by atomic mass is 10.1. The zero-order valence-electron chi connectivity index (χ0n) is 14.2. The molecule has 1 fully saturated rings. The first-order valence-electron chi connectivity index (χ1n) is 8.23. The van der Waals surface area contributed by atoms with Crippen LogP contribution in [0.3, 0.4) is 0 Å². The minimum atomic E-state index is 0.715. The minimum Gasteiger partial charge on any atom is -0.366 e. The molecule has 6 nitrogen and oxygen atoms in total. The molecule has 0 radical (unpaired) electrons. The van der Waals surface area contributed by atoms with E-state index in [1.165, 1.54) is 11.1 Å². The Morgan fingerprint density at radius 1 is 1.08 bits per heavy atom. The van der Waals surface area contributed by atoms with Gasteiger partial charge in [0.15, 0.2) is 0 Å². The van der Waals surface area contributed by atoms with Crippen LogP contribution in [-0.4, -0.2) is 47.5 Å². The van der Waals surface area contributed by atoms with Crippen LogP contribution in [0.2, 0.25) is 0 Å². The van der Waals surface area contributed by atoms with Crippen molar-refractivity contribution in [2.24, 2.45) is 0 Å². The van der Waals surface area contributed by atoms with Gasteiger partial charge in [-0.3, -0.25) is 4.79 Å². The van der Waals surface area contributed by atoms with Gasteiger partial charge < -0.3 is 15.1 Å². The van der Waals surface area contributed by atoms with Gasteiger partial charge in [0, 0.05) is 44.5 Å². The Kier molecular flexibility index (Phi) is 4.93. The highest BCUT2D eigenvalue weighted by Crippen LogP contribution is 2.16. The average Bonchev–Trinajstić information content (AvgIpc) is 2.61. The fourth-order valence-corrected chi connectivity index (χ4v) is 2.71. The summed E-state index contributed by atoms with van der Waals surface area (Å²) < 4.78 is 0. The van der Waals surface area contributed by atoms with Gasteiger partial charge in [0.05, 0.1) is 0 Å². The fourth-order valence-electron chi connectivity index (χ4n) is 2.71. The number of aryl methyl sites for hydroxylation is 2. The van der Waals surface area contributed by atoms with Crippen LogP contribution in [0.4, 0.5) is 11.8 Å². The predicted octanol–water partition coefficient (Wildman–Crippen LogP) is 1.98. The summed E-state index contributed by atoms with van der Waals surface area (Å²) in [6.45, 7) is 7.75. The van der Waals surface area contributed by atoms with Crippen LogP contribution in [0.5, 0.6) is 0 Å². The van der Waals surface area contributed by atoms with E-state index < -0.39 is 0 Å². The SMILES string of the molecule is Cc1ccc(CNc2cc(C)nc(N3CCN(C=O)CC3)n2)cc1. The van der Waals surface area contributed by atoms with Gasteiger partial charge in [0.2, 0.25) is 12.4 Å². The van der Waals surface area contributed by atoms with E-state index in [2.05, 4.69) is 51.4 Å². The van der Waals surface area contributed by atoms with Crippen LogP contribution >= 0.6 is 0 Å². The minimum absolute atomic E-state index is 0.715. The Morgan fingerprint density at radius 3 is 2.46 bits per heavy atom. The van der Waals surface area contributed by atoms with Crippen LogP contribution < -0.4 is 10.2 Å². The van der Waals surface area contributed by atoms with Gasteiger partial charge >= 0.3 is 0 Å². The third-order valence-corrected chi connectivity index (χ3v) is 4.18. The number of rotatable bonds is 5. The third kappa shape index (κ3) is 4.01. The number of hydrogen-bond donors (Lipinski definition) is 1. The van der Waals surface area contributed by atoms with Gasteiger partial charge in [-0.15, -0.1) is 0 Å². The molecule has 0 unspecified atom stereocenters. The lowest BCUT2D eigenvalue weighted by Crippen LogP contribution is -2.46. The van der Waals surface area contributed by atoms with Gasteiger partial charge in [0.1, 0.15) is 5.82 Å². The molecule has 0 atom stereocenters. The summed E-state index contributed by atoms with van der Waals surface area (Å²) in [7, 11) is 0. The van der Waals surface area contributed by atoms with Crippen LogP contribution in [-0.2, 0) is 11.3 Å². The van der Waals surface area contributed by atoms with Gasteiger partial charge in [-0.25, -0.2) is 4.98 Å². The van der Waals surface area contributed by atoms with Crippen LogP contribution in [0, 0.1) is 13.8 Å². The summed E-state index contributed by atoms with van der Waals surface area (Å²) in [5.74, 6) is 1.56. The van der Waals surface area contributed by atoms with Crippen molar-refractivity contribution < 1.29 is 4.79 Å². The quantitative estimate of drug-likeness (QED) is 0.852. The van der Waals surface area contributed by atoms with Crippen LogP contribution in [0.25, 0.3) is 0 Å². The van der Waals surface area contributed by atoms with Crippen LogP contribution in [0.1, 0.15) is 16.8 Å². The highest BCUT2D eigenvalue weighted by atomic mass is 16.1. The summed E-state index contributed by atoms with van der Waals surface area (Å²) in [4.78, 5) is 23.9. The van der Waals surface area contributed by atoms with Gasteiger partial charge in [-0.1, -0.05) is 29.8 Å². The molecular weight excluding hydrogens is 302 g/mol. The molecule has 1 aliphatic heterocycles. The van der Waals surface area contributed by atoms with Crippen molar-refractivity contribution in [3.8, 4) is 0 Å². The van der Waals surface area contributed by atoms with Crippen LogP contribution in [0.15, 0.2) is 30.3 Å². The van der Waals surface area contributed by atoms with E-state index in [0.717, 1.165) is 43.5 Å². The van der Waals surface area contributed by atoms with E-state index in [4.69, 9.17) is 0 Å². The van der Waals surface area contributed by atoms with Gasteiger partial charge in [-0.05, 0) is 19.4 Å². The molecule has 24 heavy (non-hydrogen) atoms. The lowest BCUT2D eigenvalue weighted by Gasteiger charge is -2.32. The number of carbonyl (C=O) groups excluding carboxylic acids is 1. The summed E-state index contributed by atoms with van der Waals surface area (Å²) in [5.41, 5.74) is 3.41. The Hall–Kier alpha value is -2.63. The monoisotopic (exact) mass is 325 g/mol. The molecule has 126 valence electrons. The second-order valence-corrected chi connectivity index (χ2v) is 6.16. The van der Waals surface area contributed by atoms with Crippen molar-refractivity contribution >= 4 is 18.2 Å². The Labute approximate surface area is 142 Å². The predicted molar refractivity (Wildman–Crippen MR) is 95.1 cm³/mol. The van der Waals surface area contributed by atoms with E-state index in [-0.39, 0.29) is 0 Å². The molecule has 1 amide bonds. The zero-order valence-corrected chi connectivity index (χ0v) is 14.2. The molecule has 0 bridgehead atoms. The first kappa shape index (κ1) is 16.2.